The normalized spacial score (nSPS) is 12.2. The maximum Gasteiger partial charge on any atom is 0.264 e. The molecule has 0 saturated carbocycles. The van der Waals surface area contributed by atoms with E-state index in [9.17, 15) is 13.2 Å². The molecule has 0 heterocycles. The Labute approximate surface area is 126 Å². The highest BCUT2D eigenvalue weighted by Gasteiger charge is 2.17. The highest BCUT2D eigenvalue weighted by atomic mass is 32.2. The van der Waals surface area contributed by atoms with Gasteiger partial charge in [0.1, 0.15) is 0 Å². The van der Waals surface area contributed by atoms with Crippen molar-refractivity contribution in [3.63, 3.8) is 0 Å². The molecule has 0 unspecified atom stereocenters. The summed E-state index contributed by atoms with van der Waals surface area (Å²) in [6.45, 7) is 6.33. The lowest BCUT2D eigenvalue weighted by Gasteiger charge is -2.17. The van der Waals surface area contributed by atoms with Crippen molar-refractivity contribution in [1.82, 2.24) is 4.72 Å². The zero-order chi connectivity index (χ0) is 15.2. The van der Waals surface area contributed by atoms with Crippen LogP contribution in [-0.4, -0.2) is 24.8 Å². The molecule has 6 heteroatoms. The van der Waals surface area contributed by atoms with Crippen LogP contribution in [-0.2, 0) is 14.8 Å². The second kappa shape index (κ2) is 7.13. The van der Waals surface area contributed by atoms with Crippen molar-refractivity contribution >= 4 is 27.7 Å². The van der Waals surface area contributed by atoms with Gasteiger partial charge < -0.3 is 0 Å². The quantitative estimate of drug-likeness (QED) is 0.819. The number of sulfonamides is 1. The average Bonchev–Trinajstić information content (AvgIpc) is 2.34. The minimum atomic E-state index is -3.73. The molecule has 1 amide bonds. The molecule has 20 heavy (non-hydrogen) atoms. The molecule has 0 saturated heterocycles. The van der Waals surface area contributed by atoms with Gasteiger partial charge in [0.15, 0.2) is 0 Å². The van der Waals surface area contributed by atoms with Gasteiger partial charge in [0, 0.05) is 12.6 Å². The number of carbonyl (C=O) groups excluding carboxylic acids is 1. The van der Waals surface area contributed by atoms with Crippen LogP contribution < -0.4 is 4.72 Å². The number of hydrogen-bond donors (Lipinski definition) is 1. The number of nitrogens with one attached hydrogen (secondary N) is 1. The molecule has 1 N–H and O–H groups in total. The highest BCUT2D eigenvalue weighted by molar-refractivity contribution is 8.00. The van der Waals surface area contributed by atoms with Crippen molar-refractivity contribution in [3.8, 4) is 0 Å². The van der Waals surface area contributed by atoms with Gasteiger partial charge in [-0.1, -0.05) is 39.0 Å². The molecule has 1 aromatic carbocycles. The molecule has 0 fully saturated rings. The topological polar surface area (TPSA) is 63.2 Å². The van der Waals surface area contributed by atoms with E-state index in [0.717, 1.165) is 5.75 Å². The van der Waals surface area contributed by atoms with E-state index in [-0.39, 0.29) is 17.5 Å². The van der Waals surface area contributed by atoms with Gasteiger partial charge >= 0.3 is 0 Å². The number of carbonyl (C=O) groups is 1. The van der Waals surface area contributed by atoms with Gasteiger partial charge in [-0.15, -0.1) is 0 Å². The fourth-order valence-electron chi connectivity index (χ4n) is 1.47. The van der Waals surface area contributed by atoms with Gasteiger partial charge in [0.2, 0.25) is 5.91 Å². The minimum absolute atomic E-state index is 0. The zero-order valence-corrected chi connectivity index (χ0v) is 13.7. The molecule has 0 aromatic heterocycles. The molecule has 0 aliphatic rings. The SMILES string of the molecule is CC(C)(C)SCCCC(=O)NS(=O)(=O)c1ccccc1.[HH]. The summed E-state index contributed by atoms with van der Waals surface area (Å²) in [5, 5.41) is 0. The average molecular weight is 317 g/mol. The lowest BCUT2D eigenvalue weighted by atomic mass is 10.3. The second-order valence-corrected chi connectivity index (χ2v) is 9.01. The predicted octanol–water partition coefficient (Wildman–Crippen LogP) is 3.05. The molecule has 0 aliphatic carbocycles. The predicted molar refractivity (Wildman–Crippen MR) is 85.3 cm³/mol. The fourth-order valence-corrected chi connectivity index (χ4v) is 3.41. The molecule has 0 aliphatic heterocycles. The van der Waals surface area contributed by atoms with Gasteiger partial charge in [-0.05, 0) is 24.3 Å². The van der Waals surface area contributed by atoms with Gasteiger partial charge in [0.05, 0.1) is 4.90 Å². The summed E-state index contributed by atoms with van der Waals surface area (Å²) in [6.07, 6.45) is 0.882. The van der Waals surface area contributed by atoms with Crippen molar-refractivity contribution in [2.45, 2.75) is 43.3 Å². The molecule has 0 atom stereocenters. The Balaban J connectivity index is 0.00000400. The van der Waals surface area contributed by atoms with Crippen molar-refractivity contribution in [2.75, 3.05) is 5.75 Å². The minimum Gasteiger partial charge on any atom is -0.274 e. The number of hydrogen-bond acceptors (Lipinski definition) is 4. The van der Waals surface area contributed by atoms with E-state index in [4.69, 9.17) is 0 Å². The Morgan fingerprint density at radius 2 is 1.85 bits per heavy atom. The summed E-state index contributed by atoms with van der Waals surface area (Å²) in [7, 11) is -3.73. The Hall–Kier alpha value is -1.01. The number of benzene rings is 1. The molecule has 0 bridgehead atoms. The van der Waals surface area contributed by atoms with Gasteiger partial charge in [0.25, 0.3) is 10.0 Å². The lowest BCUT2D eigenvalue weighted by molar-refractivity contribution is -0.119. The monoisotopic (exact) mass is 317 g/mol. The van der Waals surface area contributed by atoms with Crippen molar-refractivity contribution in [3.05, 3.63) is 30.3 Å². The summed E-state index contributed by atoms with van der Waals surface area (Å²) < 4.78 is 26.0. The molecule has 0 spiro atoms. The van der Waals surface area contributed by atoms with E-state index in [1.54, 1.807) is 30.0 Å². The standard InChI is InChI=1S/C14H21NO3S2.H2/c1-14(2,3)19-11-7-10-13(16)15-20(17,18)12-8-5-4-6-9-12;/h4-6,8-9H,7,10-11H2,1-3H3,(H,15,16);1H. The van der Waals surface area contributed by atoms with E-state index in [1.807, 2.05) is 0 Å². The molecule has 1 rings (SSSR count). The maximum atomic E-state index is 11.9. The van der Waals surface area contributed by atoms with Crippen LogP contribution in [0.15, 0.2) is 35.2 Å². The van der Waals surface area contributed by atoms with E-state index >= 15 is 0 Å². The summed E-state index contributed by atoms with van der Waals surface area (Å²) in [6, 6.07) is 7.90. The summed E-state index contributed by atoms with van der Waals surface area (Å²) >= 11 is 1.76. The van der Waals surface area contributed by atoms with E-state index in [1.165, 1.54) is 12.1 Å². The van der Waals surface area contributed by atoms with E-state index < -0.39 is 15.9 Å². The number of thioether (sulfide) groups is 1. The molecule has 0 radical (unpaired) electrons. The Morgan fingerprint density at radius 1 is 1.25 bits per heavy atom. The molecular weight excluding hydrogens is 294 g/mol. The summed E-state index contributed by atoms with van der Waals surface area (Å²) in [5.41, 5.74) is 0. The second-order valence-electron chi connectivity index (χ2n) is 5.41. The molecule has 4 nitrogen and oxygen atoms in total. The van der Waals surface area contributed by atoms with Crippen LogP contribution >= 0.6 is 11.8 Å². The third kappa shape index (κ3) is 6.43. The van der Waals surface area contributed by atoms with Crippen LogP contribution in [0.5, 0.6) is 0 Å². The van der Waals surface area contributed by atoms with Crippen LogP contribution in [0.2, 0.25) is 0 Å². The molecule has 1 aromatic rings. The first kappa shape index (κ1) is 17.0. The Kier molecular flexibility index (Phi) is 6.07. The highest BCUT2D eigenvalue weighted by Crippen LogP contribution is 2.24. The zero-order valence-electron chi connectivity index (χ0n) is 12.0. The first-order chi connectivity index (χ1) is 9.21. The van der Waals surface area contributed by atoms with Crippen LogP contribution in [0.1, 0.15) is 35.0 Å². The van der Waals surface area contributed by atoms with Crippen molar-refractivity contribution in [1.29, 1.82) is 0 Å². The van der Waals surface area contributed by atoms with Crippen molar-refractivity contribution < 1.29 is 14.6 Å². The lowest BCUT2D eigenvalue weighted by Crippen LogP contribution is -2.30. The largest absolute Gasteiger partial charge is 0.274 e. The maximum absolute atomic E-state index is 11.9. The van der Waals surface area contributed by atoms with Crippen LogP contribution in [0.4, 0.5) is 0 Å². The Morgan fingerprint density at radius 3 is 2.40 bits per heavy atom. The molecule has 114 valence electrons. The number of amides is 1. The van der Waals surface area contributed by atoms with Crippen LogP contribution in [0.3, 0.4) is 0 Å². The van der Waals surface area contributed by atoms with Gasteiger partial charge in [-0.3, -0.25) is 4.79 Å². The third-order valence-electron chi connectivity index (χ3n) is 2.38. The van der Waals surface area contributed by atoms with Gasteiger partial charge in [-0.2, -0.15) is 11.8 Å². The Bertz CT molecular complexity index is 539. The summed E-state index contributed by atoms with van der Waals surface area (Å²) in [4.78, 5) is 11.8. The van der Waals surface area contributed by atoms with Crippen LogP contribution in [0.25, 0.3) is 0 Å². The first-order valence-electron chi connectivity index (χ1n) is 6.45. The number of rotatable bonds is 6. The van der Waals surface area contributed by atoms with E-state index in [0.29, 0.717) is 6.42 Å². The molecular formula is C14H23NO3S2. The van der Waals surface area contributed by atoms with Crippen LogP contribution in [0, 0.1) is 0 Å². The van der Waals surface area contributed by atoms with E-state index in [2.05, 4.69) is 25.5 Å². The van der Waals surface area contributed by atoms with Crippen molar-refractivity contribution in [2.24, 2.45) is 0 Å². The fraction of sp³-hybridized carbons (Fsp3) is 0.500. The van der Waals surface area contributed by atoms with Gasteiger partial charge in [-0.25, -0.2) is 13.1 Å². The third-order valence-corrected chi connectivity index (χ3v) is 5.13. The summed E-state index contributed by atoms with van der Waals surface area (Å²) in [5.74, 6) is 0.380. The smallest absolute Gasteiger partial charge is 0.264 e. The first-order valence-corrected chi connectivity index (χ1v) is 8.92.